The molecule has 0 atom stereocenters. The van der Waals surface area contributed by atoms with Crippen LogP contribution in [-0.2, 0) is 6.54 Å². The highest BCUT2D eigenvalue weighted by atomic mass is 16.1. The molecule has 1 amide bonds. The van der Waals surface area contributed by atoms with Crippen LogP contribution in [0.25, 0.3) is 0 Å². The summed E-state index contributed by atoms with van der Waals surface area (Å²) in [6.45, 7) is 5.17. The van der Waals surface area contributed by atoms with E-state index >= 15 is 0 Å². The molecule has 0 saturated heterocycles. The molecule has 110 valence electrons. The summed E-state index contributed by atoms with van der Waals surface area (Å²) in [4.78, 5) is 23.9. The van der Waals surface area contributed by atoms with Gasteiger partial charge in [0.15, 0.2) is 0 Å². The van der Waals surface area contributed by atoms with Gasteiger partial charge in [-0.05, 0) is 32.0 Å². The van der Waals surface area contributed by atoms with Crippen LogP contribution in [0.1, 0.15) is 24.2 Å². The van der Waals surface area contributed by atoms with E-state index in [1.807, 2.05) is 32.0 Å². The highest BCUT2D eigenvalue weighted by molar-refractivity contribution is 6.07. The number of amides is 1. The van der Waals surface area contributed by atoms with Crippen molar-refractivity contribution < 1.29 is 4.79 Å². The third-order valence-corrected chi connectivity index (χ3v) is 3.12. The molecule has 5 heteroatoms. The zero-order valence-corrected chi connectivity index (χ0v) is 12.2. The molecule has 1 heterocycles. The fourth-order valence-electron chi connectivity index (χ4n) is 2.08. The lowest BCUT2D eigenvalue weighted by molar-refractivity contribution is 0.102. The molecule has 0 spiro atoms. The second-order valence-corrected chi connectivity index (χ2v) is 4.57. The second kappa shape index (κ2) is 6.74. The maximum absolute atomic E-state index is 12.4. The molecule has 2 rings (SSSR count). The van der Waals surface area contributed by atoms with Crippen molar-refractivity contribution in [2.45, 2.75) is 20.4 Å². The van der Waals surface area contributed by atoms with Crippen LogP contribution in [0.5, 0.6) is 0 Å². The lowest BCUT2D eigenvalue weighted by Crippen LogP contribution is -2.20. The summed E-state index contributed by atoms with van der Waals surface area (Å²) in [7, 11) is 0. The Labute approximate surface area is 123 Å². The van der Waals surface area contributed by atoms with E-state index in [9.17, 15) is 9.59 Å². The number of carbonyl (C=O) groups is 1. The normalized spacial score (nSPS) is 10.2. The van der Waals surface area contributed by atoms with Gasteiger partial charge in [-0.2, -0.15) is 0 Å². The van der Waals surface area contributed by atoms with Gasteiger partial charge in [-0.25, -0.2) is 0 Å². The van der Waals surface area contributed by atoms with Crippen LogP contribution in [0.3, 0.4) is 0 Å². The van der Waals surface area contributed by atoms with Crippen molar-refractivity contribution in [1.29, 1.82) is 0 Å². The average molecular weight is 285 g/mol. The van der Waals surface area contributed by atoms with Crippen molar-refractivity contribution >= 4 is 17.3 Å². The Morgan fingerprint density at radius 1 is 1.14 bits per heavy atom. The largest absolute Gasteiger partial charge is 0.385 e. The van der Waals surface area contributed by atoms with E-state index in [0.717, 1.165) is 12.2 Å². The molecule has 0 bridgehead atoms. The van der Waals surface area contributed by atoms with Crippen molar-refractivity contribution in [1.82, 2.24) is 4.57 Å². The molecule has 1 aromatic carbocycles. The minimum Gasteiger partial charge on any atom is -0.385 e. The molecule has 0 saturated carbocycles. The topological polar surface area (TPSA) is 63.1 Å². The molecule has 0 aliphatic heterocycles. The van der Waals surface area contributed by atoms with Crippen LogP contribution >= 0.6 is 0 Å². The molecule has 0 fully saturated rings. The number of carbonyl (C=O) groups excluding carboxylic acids is 1. The minimum absolute atomic E-state index is 0.0800. The Morgan fingerprint density at radius 3 is 2.62 bits per heavy atom. The van der Waals surface area contributed by atoms with E-state index in [2.05, 4.69) is 10.6 Å². The number of hydrogen-bond acceptors (Lipinski definition) is 3. The standard InChI is InChI=1S/C16H19N3O2/c1-3-17-14-8-6-5-7-13(14)16(21)18-12-9-10-15(20)19(4-2)11-12/h5-11,17H,3-4H2,1-2H3,(H,18,21). The molecule has 0 aliphatic rings. The highest BCUT2D eigenvalue weighted by Crippen LogP contribution is 2.16. The SMILES string of the molecule is CCNc1ccccc1C(=O)Nc1ccc(=O)n(CC)c1. The van der Waals surface area contributed by atoms with Crippen LogP contribution in [0, 0.1) is 0 Å². The van der Waals surface area contributed by atoms with Crippen molar-refractivity contribution in [3.8, 4) is 0 Å². The number of benzene rings is 1. The van der Waals surface area contributed by atoms with Crippen molar-refractivity contribution in [3.63, 3.8) is 0 Å². The maximum Gasteiger partial charge on any atom is 0.257 e. The first-order chi connectivity index (χ1) is 10.2. The molecule has 2 N–H and O–H groups in total. The Hall–Kier alpha value is -2.56. The van der Waals surface area contributed by atoms with Crippen molar-refractivity contribution in [3.05, 3.63) is 58.5 Å². The van der Waals surface area contributed by atoms with Gasteiger partial charge in [0.05, 0.1) is 11.3 Å². The lowest BCUT2D eigenvalue weighted by Gasteiger charge is -2.11. The van der Waals surface area contributed by atoms with Gasteiger partial charge in [0.1, 0.15) is 0 Å². The minimum atomic E-state index is -0.201. The van der Waals surface area contributed by atoms with Gasteiger partial charge in [0, 0.05) is 31.0 Å². The van der Waals surface area contributed by atoms with Gasteiger partial charge >= 0.3 is 0 Å². The van der Waals surface area contributed by atoms with Crippen LogP contribution in [0.4, 0.5) is 11.4 Å². The maximum atomic E-state index is 12.4. The Balaban J connectivity index is 2.24. The molecule has 1 aromatic heterocycles. The number of aromatic nitrogens is 1. The number of hydrogen-bond donors (Lipinski definition) is 2. The molecule has 2 aromatic rings. The molecular weight excluding hydrogens is 266 g/mol. The first-order valence-corrected chi connectivity index (χ1v) is 7.00. The fraction of sp³-hybridized carbons (Fsp3) is 0.250. The Morgan fingerprint density at radius 2 is 1.90 bits per heavy atom. The summed E-state index contributed by atoms with van der Waals surface area (Å²) < 4.78 is 1.55. The fourth-order valence-corrected chi connectivity index (χ4v) is 2.08. The van der Waals surface area contributed by atoms with E-state index < -0.39 is 0 Å². The highest BCUT2D eigenvalue weighted by Gasteiger charge is 2.11. The number of anilines is 2. The summed E-state index contributed by atoms with van der Waals surface area (Å²) in [6.07, 6.45) is 1.65. The zero-order valence-electron chi connectivity index (χ0n) is 12.2. The lowest BCUT2D eigenvalue weighted by atomic mass is 10.1. The Kier molecular flexibility index (Phi) is 4.77. The second-order valence-electron chi connectivity index (χ2n) is 4.57. The number of aryl methyl sites for hydroxylation is 1. The van der Waals surface area contributed by atoms with Gasteiger partial charge in [-0.1, -0.05) is 12.1 Å². The quantitative estimate of drug-likeness (QED) is 0.887. The van der Waals surface area contributed by atoms with Gasteiger partial charge in [0.2, 0.25) is 0 Å². The summed E-state index contributed by atoms with van der Waals surface area (Å²) in [6, 6.07) is 10.4. The number of nitrogens with zero attached hydrogens (tertiary/aromatic N) is 1. The van der Waals surface area contributed by atoms with Gasteiger partial charge in [-0.15, -0.1) is 0 Å². The summed E-state index contributed by atoms with van der Waals surface area (Å²) >= 11 is 0. The van der Waals surface area contributed by atoms with Crippen molar-refractivity contribution in [2.75, 3.05) is 17.2 Å². The predicted octanol–water partition coefficient (Wildman–Crippen LogP) is 2.55. The Bertz CT molecular complexity index is 692. The van der Waals surface area contributed by atoms with Crippen LogP contribution in [0.15, 0.2) is 47.4 Å². The third-order valence-electron chi connectivity index (χ3n) is 3.12. The van der Waals surface area contributed by atoms with Gasteiger partial charge in [-0.3, -0.25) is 9.59 Å². The number of rotatable bonds is 5. The third kappa shape index (κ3) is 3.51. The van der Waals surface area contributed by atoms with Gasteiger partial charge in [0.25, 0.3) is 11.5 Å². The van der Waals surface area contributed by atoms with Crippen LogP contribution in [-0.4, -0.2) is 17.0 Å². The van der Waals surface area contributed by atoms with E-state index in [4.69, 9.17) is 0 Å². The monoisotopic (exact) mass is 285 g/mol. The predicted molar refractivity (Wildman–Crippen MR) is 84.9 cm³/mol. The summed E-state index contributed by atoms with van der Waals surface area (Å²) in [5.74, 6) is -0.201. The van der Waals surface area contributed by atoms with Crippen LogP contribution in [0.2, 0.25) is 0 Å². The average Bonchev–Trinajstić information content (AvgIpc) is 2.50. The number of pyridine rings is 1. The van der Waals surface area contributed by atoms with Crippen molar-refractivity contribution in [2.24, 2.45) is 0 Å². The zero-order chi connectivity index (χ0) is 15.2. The number of para-hydroxylation sites is 1. The first-order valence-electron chi connectivity index (χ1n) is 7.00. The molecular formula is C16H19N3O2. The summed E-state index contributed by atoms with van der Waals surface area (Å²) in [5.41, 5.74) is 1.89. The molecule has 5 nitrogen and oxygen atoms in total. The first kappa shape index (κ1) is 14.8. The molecule has 0 unspecified atom stereocenters. The molecule has 0 radical (unpaired) electrons. The van der Waals surface area contributed by atoms with E-state index in [0.29, 0.717) is 17.8 Å². The van der Waals surface area contributed by atoms with E-state index in [-0.39, 0.29) is 11.5 Å². The van der Waals surface area contributed by atoms with E-state index in [1.165, 1.54) is 6.07 Å². The summed E-state index contributed by atoms with van der Waals surface area (Å²) in [5, 5.41) is 5.98. The van der Waals surface area contributed by atoms with Crippen LogP contribution < -0.4 is 16.2 Å². The molecule has 21 heavy (non-hydrogen) atoms. The number of nitrogens with one attached hydrogen (secondary N) is 2. The van der Waals surface area contributed by atoms with Gasteiger partial charge < -0.3 is 15.2 Å². The smallest absolute Gasteiger partial charge is 0.257 e. The molecule has 0 aliphatic carbocycles. The van der Waals surface area contributed by atoms with E-state index in [1.54, 1.807) is 22.9 Å².